The van der Waals surface area contributed by atoms with E-state index in [1.54, 1.807) is 7.11 Å². The molecule has 4 rings (SSSR count). The van der Waals surface area contributed by atoms with E-state index in [2.05, 4.69) is 44.3 Å². The van der Waals surface area contributed by atoms with Gasteiger partial charge in [0.1, 0.15) is 5.75 Å². The Bertz CT molecular complexity index is 1010. The summed E-state index contributed by atoms with van der Waals surface area (Å²) in [6.07, 6.45) is 8.01. The van der Waals surface area contributed by atoms with Gasteiger partial charge in [-0.25, -0.2) is 0 Å². The van der Waals surface area contributed by atoms with Gasteiger partial charge in [-0.05, 0) is 49.1 Å². The minimum Gasteiger partial charge on any atom is -0.497 e. The maximum atomic E-state index is 12.6. The summed E-state index contributed by atoms with van der Waals surface area (Å²) in [4.78, 5) is 12.6. The second-order valence-corrected chi connectivity index (χ2v) is 9.41. The van der Waals surface area contributed by atoms with Crippen LogP contribution < -0.4 is 10.1 Å². The Kier molecular flexibility index (Phi) is 8.41. The predicted molar refractivity (Wildman–Crippen MR) is 133 cm³/mol. The van der Waals surface area contributed by atoms with Crippen LogP contribution in [0.2, 0.25) is 0 Å². The summed E-state index contributed by atoms with van der Waals surface area (Å²) >= 11 is 1.46. The highest BCUT2D eigenvalue weighted by molar-refractivity contribution is 7.99. The first-order valence-corrected chi connectivity index (χ1v) is 12.7. The third-order valence-corrected chi connectivity index (χ3v) is 7.05. The molecular weight excluding hydrogens is 432 g/mol. The molecular formula is C26H32N4O2S. The van der Waals surface area contributed by atoms with E-state index in [0.717, 1.165) is 48.1 Å². The highest BCUT2D eigenvalue weighted by atomic mass is 32.2. The molecule has 6 nitrogen and oxygen atoms in total. The number of benzene rings is 2. The first kappa shape index (κ1) is 23.4. The van der Waals surface area contributed by atoms with E-state index in [9.17, 15) is 4.79 Å². The smallest absolute Gasteiger partial charge is 0.230 e. The number of carbonyl (C=O) groups excluding carboxylic acids is 1. The van der Waals surface area contributed by atoms with Gasteiger partial charge in [0.15, 0.2) is 11.0 Å². The number of aromatic nitrogens is 3. The van der Waals surface area contributed by atoms with Gasteiger partial charge in [0.2, 0.25) is 5.91 Å². The van der Waals surface area contributed by atoms with E-state index in [4.69, 9.17) is 4.74 Å². The van der Waals surface area contributed by atoms with E-state index in [-0.39, 0.29) is 5.91 Å². The molecule has 0 atom stereocenters. The van der Waals surface area contributed by atoms with E-state index in [1.807, 2.05) is 30.3 Å². The lowest BCUT2D eigenvalue weighted by Crippen LogP contribution is -2.35. The molecule has 0 bridgehead atoms. The number of rotatable bonds is 9. The minimum atomic E-state index is 0.0792. The standard InChI is InChI=1S/C26H32N4O2S/c1-32-23-15-13-21(14-16-23)25-28-29-26(30(25)18-17-20-9-5-4-6-10-20)33-19-24(31)27-22-11-7-2-3-8-12-22/h4-6,9-10,13-16,22H,2-3,7-8,11-12,17-19H2,1H3,(H,27,31). The normalized spacial score (nSPS) is 14.6. The molecule has 0 radical (unpaired) electrons. The van der Waals surface area contributed by atoms with Crippen LogP contribution >= 0.6 is 11.8 Å². The van der Waals surface area contributed by atoms with Crippen LogP contribution in [0.25, 0.3) is 11.4 Å². The van der Waals surface area contributed by atoms with E-state index >= 15 is 0 Å². The number of amides is 1. The lowest BCUT2D eigenvalue weighted by atomic mass is 10.1. The first-order valence-electron chi connectivity index (χ1n) is 11.8. The van der Waals surface area contributed by atoms with Crippen LogP contribution in [-0.2, 0) is 17.8 Å². The number of ether oxygens (including phenoxy) is 1. The number of hydrogen-bond acceptors (Lipinski definition) is 5. The Hall–Kier alpha value is -2.80. The third kappa shape index (κ3) is 6.60. The van der Waals surface area contributed by atoms with Crippen molar-refractivity contribution in [3.8, 4) is 17.1 Å². The van der Waals surface area contributed by atoms with Gasteiger partial charge in [0.05, 0.1) is 12.9 Å². The summed E-state index contributed by atoms with van der Waals surface area (Å²) in [5.41, 5.74) is 2.24. The molecule has 1 aromatic heterocycles. The van der Waals surface area contributed by atoms with Gasteiger partial charge >= 0.3 is 0 Å². The molecule has 1 aliphatic rings. The molecule has 0 aliphatic heterocycles. The predicted octanol–water partition coefficient (Wildman–Crippen LogP) is 5.13. The number of carbonyl (C=O) groups is 1. The van der Waals surface area contributed by atoms with Crippen LogP contribution in [0.3, 0.4) is 0 Å². The number of thioether (sulfide) groups is 1. The van der Waals surface area contributed by atoms with Gasteiger partial charge in [0.25, 0.3) is 0 Å². The van der Waals surface area contributed by atoms with Crippen molar-refractivity contribution in [1.82, 2.24) is 20.1 Å². The Morgan fingerprint density at radius 3 is 2.45 bits per heavy atom. The van der Waals surface area contributed by atoms with Crippen molar-refractivity contribution < 1.29 is 9.53 Å². The maximum Gasteiger partial charge on any atom is 0.230 e. The molecule has 0 spiro atoms. The van der Waals surface area contributed by atoms with Gasteiger partial charge in [-0.1, -0.05) is 67.8 Å². The number of nitrogens with one attached hydrogen (secondary N) is 1. The molecule has 2 aromatic carbocycles. The lowest BCUT2D eigenvalue weighted by Gasteiger charge is -2.16. The molecule has 7 heteroatoms. The van der Waals surface area contributed by atoms with Crippen molar-refractivity contribution in [1.29, 1.82) is 0 Å². The fourth-order valence-corrected chi connectivity index (χ4v) is 5.04. The lowest BCUT2D eigenvalue weighted by molar-refractivity contribution is -0.119. The number of aryl methyl sites for hydroxylation is 1. The van der Waals surface area contributed by atoms with Crippen molar-refractivity contribution in [3.63, 3.8) is 0 Å². The average Bonchev–Trinajstić information content (AvgIpc) is 3.08. The number of hydrogen-bond donors (Lipinski definition) is 1. The van der Waals surface area contributed by atoms with Crippen LogP contribution in [-0.4, -0.2) is 39.6 Å². The summed E-state index contributed by atoms with van der Waals surface area (Å²) < 4.78 is 7.41. The highest BCUT2D eigenvalue weighted by Gasteiger charge is 2.18. The molecule has 1 heterocycles. The summed E-state index contributed by atoms with van der Waals surface area (Å²) in [7, 11) is 1.66. The van der Waals surface area contributed by atoms with Gasteiger partial charge < -0.3 is 14.6 Å². The van der Waals surface area contributed by atoms with Crippen molar-refractivity contribution in [2.24, 2.45) is 0 Å². The van der Waals surface area contributed by atoms with Gasteiger partial charge in [-0.3, -0.25) is 4.79 Å². The second-order valence-electron chi connectivity index (χ2n) is 8.47. The van der Waals surface area contributed by atoms with Crippen molar-refractivity contribution in [2.45, 2.75) is 62.7 Å². The SMILES string of the molecule is COc1ccc(-c2nnc(SCC(=O)NC3CCCCCC3)n2CCc2ccccc2)cc1. The molecule has 3 aromatic rings. The average molecular weight is 465 g/mol. The molecule has 1 saturated carbocycles. The Morgan fingerprint density at radius 2 is 1.76 bits per heavy atom. The monoisotopic (exact) mass is 464 g/mol. The molecule has 0 unspecified atom stereocenters. The third-order valence-electron chi connectivity index (χ3n) is 6.08. The zero-order chi connectivity index (χ0) is 22.9. The zero-order valence-electron chi connectivity index (χ0n) is 19.2. The Labute approximate surface area is 200 Å². The van der Waals surface area contributed by atoms with Crippen LogP contribution in [0.5, 0.6) is 5.75 Å². The van der Waals surface area contributed by atoms with E-state index < -0.39 is 0 Å². The molecule has 1 fully saturated rings. The van der Waals surface area contributed by atoms with E-state index in [0.29, 0.717) is 11.8 Å². The molecule has 33 heavy (non-hydrogen) atoms. The summed E-state index contributed by atoms with van der Waals surface area (Å²) in [6.45, 7) is 0.741. The maximum absolute atomic E-state index is 12.6. The van der Waals surface area contributed by atoms with Gasteiger partial charge in [-0.15, -0.1) is 10.2 Å². The highest BCUT2D eigenvalue weighted by Crippen LogP contribution is 2.26. The van der Waals surface area contributed by atoms with E-state index in [1.165, 1.54) is 43.0 Å². The quantitative estimate of drug-likeness (QED) is 0.351. The minimum absolute atomic E-state index is 0.0792. The number of nitrogens with zero attached hydrogens (tertiary/aromatic N) is 3. The Morgan fingerprint density at radius 1 is 1.03 bits per heavy atom. The van der Waals surface area contributed by atoms with Crippen molar-refractivity contribution in [3.05, 3.63) is 60.2 Å². The van der Waals surface area contributed by atoms with Crippen LogP contribution in [0.4, 0.5) is 0 Å². The molecule has 0 saturated heterocycles. The van der Waals surface area contributed by atoms with Gasteiger partial charge in [0, 0.05) is 18.2 Å². The van der Waals surface area contributed by atoms with Crippen LogP contribution in [0.1, 0.15) is 44.1 Å². The Balaban J connectivity index is 1.47. The zero-order valence-corrected chi connectivity index (χ0v) is 20.0. The molecule has 1 amide bonds. The van der Waals surface area contributed by atoms with Crippen molar-refractivity contribution >= 4 is 17.7 Å². The summed E-state index contributed by atoms with van der Waals surface area (Å²) in [5, 5.41) is 12.9. The molecule has 1 N–H and O–H groups in total. The van der Waals surface area contributed by atoms with Crippen LogP contribution in [0.15, 0.2) is 59.8 Å². The fraction of sp³-hybridized carbons (Fsp3) is 0.423. The summed E-state index contributed by atoms with van der Waals surface area (Å²) in [6, 6.07) is 18.6. The number of methoxy groups -OCH3 is 1. The van der Waals surface area contributed by atoms with Crippen molar-refractivity contribution in [2.75, 3.05) is 12.9 Å². The van der Waals surface area contributed by atoms with Crippen LogP contribution in [0, 0.1) is 0 Å². The topological polar surface area (TPSA) is 69.0 Å². The summed E-state index contributed by atoms with van der Waals surface area (Å²) in [5.74, 6) is 2.04. The molecule has 1 aliphatic carbocycles. The largest absolute Gasteiger partial charge is 0.497 e. The van der Waals surface area contributed by atoms with Gasteiger partial charge in [-0.2, -0.15) is 0 Å². The second kappa shape index (κ2) is 11.9. The fourth-order valence-electron chi connectivity index (χ4n) is 4.26. The molecule has 174 valence electrons. The first-order chi connectivity index (χ1) is 16.2.